The molecule has 2 heterocycles. The van der Waals surface area contributed by atoms with Crippen molar-refractivity contribution in [3.8, 4) is 0 Å². The summed E-state index contributed by atoms with van der Waals surface area (Å²) < 4.78 is 22.5. The molecule has 384 valence electrons. The van der Waals surface area contributed by atoms with Crippen molar-refractivity contribution in [3.05, 3.63) is 122 Å². The van der Waals surface area contributed by atoms with E-state index in [0.29, 0.717) is 12.8 Å². The number of nitrogens with one attached hydrogen (secondary N) is 1. The van der Waals surface area contributed by atoms with Crippen LogP contribution in [-0.4, -0.2) is 140 Å². The van der Waals surface area contributed by atoms with Gasteiger partial charge in [0.25, 0.3) is 0 Å². The van der Waals surface area contributed by atoms with Crippen LogP contribution in [0.5, 0.6) is 0 Å². The number of unbranched alkanes of at least 4 members (excludes halogenated alkanes) is 4. The minimum absolute atomic E-state index is 0.190. The predicted octanol–water partition coefficient (Wildman–Crippen LogP) is 6.32. The molecule has 0 aromatic carbocycles. The highest BCUT2D eigenvalue weighted by Crippen LogP contribution is 2.30. The largest absolute Gasteiger partial charge is 0.394 e. The number of allylic oxidation sites excluding steroid dienone is 19. The molecule has 0 aliphatic carbocycles. The molecule has 68 heavy (non-hydrogen) atoms. The molecule has 0 aromatic heterocycles. The van der Waals surface area contributed by atoms with Crippen LogP contribution < -0.4 is 5.32 Å². The van der Waals surface area contributed by atoms with Crippen LogP contribution in [0.15, 0.2) is 122 Å². The average Bonchev–Trinajstić information content (AvgIpc) is 3.34. The summed E-state index contributed by atoms with van der Waals surface area (Å²) in [5.41, 5.74) is 0. The third-order valence-electron chi connectivity index (χ3n) is 11.2. The van der Waals surface area contributed by atoms with Crippen molar-refractivity contribution in [1.82, 2.24) is 5.32 Å². The molecule has 0 aromatic rings. The van der Waals surface area contributed by atoms with Crippen LogP contribution in [0.3, 0.4) is 0 Å². The SMILES string of the molecule is CC/C=C\C/C=C\C/C=C\C/C=C\C/C=C\C/C=C\C/C=C\C/C=C\C/C=C\CCCC(=O)NC(COC1OC(CO)C(OC2OC(CO)C(O)C(O)C2O)C(O)C1O)C(O)/C=C/CCCCC. The van der Waals surface area contributed by atoms with Crippen molar-refractivity contribution < 1.29 is 64.6 Å². The molecule has 2 rings (SSSR count). The molecule has 12 atom stereocenters. The molecule has 0 radical (unpaired) electrons. The van der Waals surface area contributed by atoms with E-state index < -0.39 is 86.8 Å². The summed E-state index contributed by atoms with van der Waals surface area (Å²) in [6, 6.07) is -0.950. The Hall–Kier alpha value is -3.61. The highest BCUT2D eigenvalue weighted by atomic mass is 16.7. The Morgan fingerprint density at radius 1 is 0.544 bits per heavy atom. The average molecular weight is 956 g/mol. The van der Waals surface area contributed by atoms with E-state index in [1.54, 1.807) is 6.08 Å². The van der Waals surface area contributed by atoms with E-state index in [0.717, 1.165) is 83.5 Å². The fourth-order valence-electron chi connectivity index (χ4n) is 7.11. The molecule has 0 spiro atoms. The second-order valence-electron chi connectivity index (χ2n) is 16.9. The number of ether oxygens (including phenoxy) is 4. The molecule has 0 saturated carbocycles. The molecule has 2 fully saturated rings. The summed E-state index contributed by atoms with van der Waals surface area (Å²) in [4.78, 5) is 13.0. The van der Waals surface area contributed by atoms with Gasteiger partial charge in [0.2, 0.25) is 5.91 Å². The summed E-state index contributed by atoms with van der Waals surface area (Å²) in [7, 11) is 0. The van der Waals surface area contributed by atoms with Crippen LogP contribution in [-0.2, 0) is 23.7 Å². The van der Waals surface area contributed by atoms with Gasteiger partial charge in [0.15, 0.2) is 12.6 Å². The molecular formula is C54H85NO13. The van der Waals surface area contributed by atoms with Crippen LogP contribution in [0.2, 0.25) is 0 Å². The number of hydrogen-bond donors (Lipinski definition) is 9. The van der Waals surface area contributed by atoms with Crippen molar-refractivity contribution in [2.24, 2.45) is 0 Å². The Morgan fingerprint density at radius 3 is 1.49 bits per heavy atom. The van der Waals surface area contributed by atoms with Crippen molar-refractivity contribution in [1.29, 1.82) is 0 Å². The lowest BCUT2D eigenvalue weighted by atomic mass is 9.97. The molecule has 1 amide bonds. The maximum atomic E-state index is 13.0. The maximum absolute atomic E-state index is 13.0. The van der Waals surface area contributed by atoms with E-state index in [-0.39, 0.29) is 18.9 Å². The lowest BCUT2D eigenvalue weighted by Gasteiger charge is -2.46. The quantitative estimate of drug-likeness (QED) is 0.0251. The van der Waals surface area contributed by atoms with Crippen molar-refractivity contribution in [3.63, 3.8) is 0 Å². The van der Waals surface area contributed by atoms with Crippen molar-refractivity contribution >= 4 is 5.91 Å². The number of rotatable bonds is 35. The topological polar surface area (TPSA) is 228 Å². The standard InChI is InChI=1S/C54H85NO13/c1-3-5-7-9-10-11-12-13-14-15-16-17-18-19-20-21-22-23-24-25-26-27-28-29-30-31-32-34-36-38-46(59)55-42(43(58)37-35-33-8-6-4-2)41-65-53-51(64)49(62)52(45(40-57)67-53)68-54-50(63)48(61)47(60)44(39-56)66-54/h5,7,10-11,13-14,16-17,19-20,22-23,25-26,28-29,31-32,35,37,42-45,47-54,56-58,60-64H,3-4,6,8-9,12,15,18,21,24,27,30,33-34,36,38-41H2,1-2H3,(H,55,59)/b7-5-,11-10-,14-13-,17-16-,20-19-,23-22-,26-25-,29-28-,32-31-,37-35+. The smallest absolute Gasteiger partial charge is 0.220 e. The summed E-state index contributed by atoms with van der Waals surface area (Å²) in [6.07, 6.45) is 38.9. The number of hydrogen-bond acceptors (Lipinski definition) is 13. The van der Waals surface area contributed by atoms with Gasteiger partial charge in [-0.1, -0.05) is 148 Å². The Balaban J connectivity index is 1.72. The first kappa shape index (κ1) is 60.5. The van der Waals surface area contributed by atoms with E-state index in [1.807, 2.05) is 12.2 Å². The number of carbonyl (C=O) groups excluding carboxylic acids is 1. The number of aliphatic hydroxyl groups is 8. The third kappa shape index (κ3) is 25.8. The lowest BCUT2D eigenvalue weighted by molar-refractivity contribution is -0.359. The van der Waals surface area contributed by atoms with Crippen molar-refractivity contribution in [2.45, 2.75) is 190 Å². The minimum Gasteiger partial charge on any atom is -0.394 e. The van der Waals surface area contributed by atoms with Gasteiger partial charge in [-0.15, -0.1) is 0 Å². The highest BCUT2D eigenvalue weighted by Gasteiger charge is 2.51. The summed E-state index contributed by atoms with van der Waals surface area (Å²) in [5, 5.41) is 86.1. The first-order valence-electron chi connectivity index (χ1n) is 24.8. The van der Waals surface area contributed by atoms with Gasteiger partial charge < -0.3 is 65.1 Å². The number of carbonyl (C=O) groups is 1. The van der Waals surface area contributed by atoms with Gasteiger partial charge >= 0.3 is 0 Å². The molecule has 2 aliphatic rings. The normalized spacial score (nSPS) is 27.4. The van der Waals surface area contributed by atoms with E-state index in [9.17, 15) is 45.6 Å². The van der Waals surface area contributed by atoms with Crippen LogP contribution in [0.1, 0.15) is 117 Å². The third-order valence-corrected chi connectivity index (χ3v) is 11.2. The van der Waals surface area contributed by atoms with Gasteiger partial charge in [0.1, 0.15) is 48.8 Å². The molecule has 14 heteroatoms. The fourth-order valence-corrected chi connectivity index (χ4v) is 7.11. The molecule has 12 unspecified atom stereocenters. The van der Waals surface area contributed by atoms with E-state index in [1.165, 1.54) is 0 Å². The monoisotopic (exact) mass is 956 g/mol. The van der Waals surface area contributed by atoms with E-state index >= 15 is 0 Å². The fraction of sp³-hybridized carbons (Fsp3) is 0.611. The second kappa shape index (κ2) is 39.1. The van der Waals surface area contributed by atoms with E-state index in [2.05, 4.69) is 122 Å². The minimum atomic E-state index is -1.80. The predicted molar refractivity (Wildman–Crippen MR) is 267 cm³/mol. The second-order valence-corrected chi connectivity index (χ2v) is 16.9. The first-order valence-corrected chi connectivity index (χ1v) is 24.8. The van der Waals surface area contributed by atoms with Crippen LogP contribution >= 0.6 is 0 Å². The van der Waals surface area contributed by atoms with Gasteiger partial charge in [-0.2, -0.15) is 0 Å². The molecular weight excluding hydrogens is 871 g/mol. The Labute approximate surface area is 406 Å². The number of amides is 1. The van der Waals surface area contributed by atoms with Gasteiger partial charge in [-0.05, 0) is 83.5 Å². The van der Waals surface area contributed by atoms with Crippen LogP contribution in [0, 0.1) is 0 Å². The van der Waals surface area contributed by atoms with Crippen LogP contribution in [0.25, 0.3) is 0 Å². The zero-order valence-corrected chi connectivity index (χ0v) is 40.5. The Morgan fingerprint density at radius 2 is 1.00 bits per heavy atom. The van der Waals surface area contributed by atoms with Gasteiger partial charge in [0.05, 0.1) is 32.0 Å². The first-order chi connectivity index (χ1) is 33.1. The van der Waals surface area contributed by atoms with Crippen LogP contribution in [0.4, 0.5) is 0 Å². The summed E-state index contributed by atoms with van der Waals surface area (Å²) >= 11 is 0. The summed E-state index contributed by atoms with van der Waals surface area (Å²) in [6.45, 7) is 2.46. The Bertz CT molecular complexity index is 1600. The zero-order valence-electron chi connectivity index (χ0n) is 40.5. The van der Waals surface area contributed by atoms with E-state index in [4.69, 9.17) is 18.9 Å². The lowest BCUT2D eigenvalue weighted by Crippen LogP contribution is -2.65. The van der Waals surface area contributed by atoms with Gasteiger partial charge in [0, 0.05) is 6.42 Å². The molecule has 0 bridgehead atoms. The summed E-state index contributed by atoms with van der Waals surface area (Å²) in [5.74, 6) is -0.312. The zero-order chi connectivity index (χ0) is 49.6. The molecule has 14 nitrogen and oxygen atoms in total. The molecule has 2 saturated heterocycles. The molecule has 9 N–H and O–H groups in total. The molecule has 2 aliphatic heterocycles. The van der Waals surface area contributed by atoms with Gasteiger partial charge in [-0.3, -0.25) is 4.79 Å². The maximum Gasteiger partial charge on any atom is 0.220 e. The van der Waals surface area contributed by atoms with Gasteiger partial charge in [-0.25, -0.2) is 0 Å². The number of aliphatic hydroxyl groups excluding tert-OH is 8. The Kier molecular flexibility index (Phi) is 34.8. The highest BCUT2D eigenvalue weighted by molar-refractivity contribution is 5.76. The van der Waals surface area contributed by atoms with Crippen molar-refractivity contribution in [2.75, 3.05) is 19.8 Å².